The predicted octanol–water partition coefficient (Wildman–Crippen LogP) is 5.68. The Kier molecular flexibility index (Phi) is 3.67. The van der Waals surface area contributed by atoms with Crippen LogP contribution in [0.1, 0.15) is 30.9 Å². The van der Waals surface area contributed by atoms with Crippen molar-refractivity contribution in [1.29, 1.82) is 0 Å². The molecule has 0 radical (unpaired) electrons. The van der Waals surface area contributed by atoms with Crippen molar-refractivity contribution in [1.82, 2.24) is 4.98 Å². The number of rotatable bonds is 1. The number of benzene rings is 1. The lowest BCUT2D eigenvalue weighted by atomic mass is 10.0. The Bertz CT molecular complexity index is 636. The molecular formula is C13H10Cl2F3N. The maximum Gasteiger partial charge on any atom is 0.417 e. The van der Waals surface area contributed by atoms with Crippen LogP contribution in [0.25, 0.3) is 10.9 Å². The third-order valence-electron chi connectivity index (χ3n) is 2.84. The van der Waals surface area contributed by atoms with E-state index in [0.29, 0.717) is 5.56 Å². The van der Waals surface area contributed by atoms with Crippen LogP contribution in [-0.4, -0.2) is 4.98 Å². The lowest BCUT2D eigenvalue weighted by molar-refractivity contribution is -0.136. The fourth-order valence-electron chi connectivity index (χ4n) is 1.87. The van der Waals surface area contributed by atoms with Gasteiger partial charge in [-0.15, -0.1) is 0 Å². The van der Waals surface area contributed by atoms with Crippen LogP contribution < -0.4 is 0 Å². The first-order valence-corrected chi connectivity index (χ1v) is 6.33. The van der Waals surface area contributed by atoms with Crippen LogP contribution in [0.5, 0.6) is 0 Å². The van der Waals surface area contributed by atoms with Crippen LogP contribution in [0.15, 0.2) is 18.2 Å². The number of nitrogens with zero attached hydrogens (tertiary/aromatic N) is 1. The Morgan fingerprint density at radius 1 is 1.16 bits per heavy atom. The van der Waals surface area contributed by atoms with Crippen LogP contribution in [-0.2, 0) is 6.18 Å². The van der Waals surface area contributed by atoms with Crippen molar-refractivity contribution in [3.05, 3.63) is 39.5 Å². The molecule has 0 fully saturated rings. The Morgan fingerprint density at radius 3 is 2.32 bits per heavy atom. The standard InChI is InChI=1S/C13H10Cl2F3N/c1-6(2)7-5-8-9(13(16,17)18)3-4-10(14)11(8)19-12(7)15/h3-6H,1-2H3. The van der Waals surface area contributed by atoms with E-state index in [-0.39, 0.29) is 27.0 Å². The molecule has 0 aliphatic carbocycles. The first-order chi connectivity index (χ1) is 8.71. The summed E-state index contributed by atoms with van der Waals surface area (Å²) in [6.45, 7) is 3.68. The SMILES string of the molecule is CC(C)c1cc2c(C(F)(F)F)ccc(Cl)c2nc1Cl. The molecule has 102 valence electrons. The topological polar surface area (TPSA) is 12.9 Å². The zero-order chi connectivity index (χ0) is 14.4. The summed E-state index contributed by atoms with van der Waals surface area (Å²) in [5.41, 5.74) is -0.106. The molecule has 1 aromatic heterocycles. The largest absolute Gasteiger partial charge is 0.417 e. The average molecular weight is 308 g/mol. The molecule has 1 aromatic carbocycles. The summed E-state index contributed by atoms with van der Waals surface area (Å²) in [4.78, 5) is 4.00. The highest BCUT2D eigenvalue weighted by atomic mass is 35.5. The van der Waals surface area contributed by atoms with Crippen molar-refractivity contribution in [2.24, 2.45) is 0 Å². The molecule has 0 bridgehead atoms. The molecule has 19 heavy (non-hydrogen) atoms. The molecule has 0 atom stereocenters. The summed E-state index contributed by atoms with van der Waals surface area (Å²) in [6.07, 6.45) is -4.45. The van der Waals surface area contributed by atoms with Gasteiger partial charge >= 0.3 is 6.18 Å². The summed E-state index contributed by atoms with van der Waals surface area (Å²) in [6, 6.07) is 3.57. The second-order valence-electron chi connectivity index (χ2n) is 4.51. The average Bonchev–Trinajstić information content (AvgIpc) is 2.27. The zero-order valence-electron chi connectivity index (χ0n) is 10.1. The van der Waals surface area contributed by atoms with Gasteiger partial charge in [-0.2, -0.15) is 13.2 Å². The van der Waals surface area contributed by atoms with E-state index < -0.39 is 11.7 Å². The Labute approximate surface area is 118 Å². The molecule has 1 nitrogen and oxygen atoms in total. The van der Waals surface area contributed by atoms with Gasteiger partial charge < -0.3 is 0 Å². The van der Waals surface area contributed by atoms with Gasteiger partial charge in [0, 0.05) is 5.39 Å². The Balaban J connectivity index is 2.87. The van der Waals surface area contributed by atoms with Gasteiger partial charge in [-0.1, -0.05) is 37.0 Å². The maximum absolute atomic E-state index is 13.0. The number of halogens is 5. The molecule has 1 heterocycles. The highest BCUT2D eigenvalue weighted by molar-refractivity contribution is 6.36. The molecular weight excluding hydrogens is 298 g/mol. The van der Waals surface area contributed by atoms with Crippen molar-refractivity contribution >= 4 is 34.1 Å². The van der Waals surface area contributed by atoms with E-state index in [0.717, 1.165) is 6.07 Å². The van der Waals surface area contributed by atoms with Crippen molar-refractivity contribution in [2.45, 2.75) is 25.9 Å². The van der Waals surface area contributed by atoms with E-state index in [1.54, 1.807) is 0 Å². The summed E-state index contributed by atoms with van der Waals surface area (Å²) in [5, 5.41) is 0.317. The van der Waals surface area contributed by atoms with Crippen LogP contribution >= 0.6 is 23.2 Å². The number of alkyl halides is 3. The molecule has 2 rings (SSSR count). The molecule has 0 saturated heterocycles. The second kappa shape index (κ2) is 4.84. The smallest absolute Gasteiger partial charge is 0.234 e. The summed E-state index contributed by atoms with van der Waals surface area (Å²) in [5.74, 6) is -0.0236. The first kappa shape index (κ1) is 14.4. The second-order valence-corrected chi connectivity index (χ2v) is 5.28. The maximum atomic E-state index is 13.0. The summed E-state index contributed by atoms with van der Waals surface area (Å²) >= 11 is 11.9. The quantitative estimate of drug-likeness (QED) is 0.617. The lowest BCUT2D eigenvalue weighted by Crippen LogP contribution is -2.07. The summed E-state index contributed by atoms with van der Waals surface area (Å²) in [7, 11) is 0. The molecule has 0 unspecified atom stereocenters. The van der Waals surface area contributed by atoms with Gasteiger partial charge in [0.15, 0.2) is 0 Å². The normalized spacial score (nSPS) is 12.4. The van der Waals surface area contributed by atoms with Crippen LogP contribution in [0.2, 0.25) is 10.2 Å². The minimum atomic E-state index is -4.45. The predicted molar refractivity (Wildman–Crippen MR) is 70.9 cm³/mol. The number of hydrogen-bond donors (Lipinski definition) is 0. The van der Waals surface area contributed by atoms with Gasteiger partial charge in [-0.25, -0.2) is 4.98 Å². The molecule has 0 amide bonds. The van der Waals surface area contributed by atoms with Gasteiger partial charge in [-0.3, -0.25) is 0 Å². The third-order valence-corrected chi connectivity index (χ3v) is 3.45. The number of pyridine rings is 1. The van der Waals surface area contributed by atoms with Crippen molar-refractivity contribution in [3.63, 3.8) is 0 Å². The molecule has 6 heteroatoms. The van der Waals surface area contributed by atoms with Crippen LogP contribution in [0.4, 0.5) is 13.2 Å². The Hall–Kier alpha value is -1.00. The van der Waals surface area contributed by atoms with Crippen LogP contribution in [0.3, 0.4) is 0 Å². The number of aromatic nitrogens is 1. The molecule has 0 saturated carbocycles. The van der Waals surface area contributed by atoms with Gasteiger partial charge in [-0.05, 0) is 29.7 Å². The monoisotopic (exact) mass is 307 g/mol. The molecule has 0 aliphatic rings. The van der Waals surface area contributed by atoms with E-state index in [9.17, 15) is 13.2 Å². The fourth-order valence-corrected chi connectivity index (χ4v) is 2.44. The molecule has 0 N–H and O–H groups in total. The third kappa shape index (κ3) is 2.65. The van der Waals surface area contributed by atoms with Crippen LogP contribution in [0, 0.1) is 0 Å². The molecule has 0 aliphatic heterocycles. The molecule has 0 spiro atoms. The van der Waals surface area contributed by atoms with Crippen molar-refractivity contribution in [3.8, 4) is 0 Å². The van der Waals surface area contributed by atoms with Gasteiger partial charge in [0.05, 0.1) is 16.1 Å². The van der Waals surface area contributed by atoms with E-state index in [2.05, 4.69) is 4.98 Å². The van der Waals surface area contributed by atoms with E-state index in [1.165, 1.54) is 12.1 Å². The van der Waals surface area contributed by atoms with Gasteiger partial charge in [0.25, 0.3) is 0 Å². The number of hydrogen-bond acceptors (Lipinski definition) is 1. The van der Waals surface area contributed by atoms with Gasteiger partial charge in [0.2, 0.25) is 0 Å². The van der Waals surface area contributed by atoms with E-state index >= 15 is 0 Å². The van der Waals surface area contributed by atoms with Gasteiger partial charge in [0.1, 0.15) is 5.15 Å². The zero-order valence-corrected chi connectivity index (χ0v) is 11.7. The van der Waals surface area contributed by atoms with Crippen molar-refractivity contribution in [2.75, 3.05) is 0 Å². The summed E-state index contributed by atoms with van der Waals surface area (Å²) < 4.78 is 38.9. The fraction of sp³-hybridized carbons (Fsp3) is 0.308. The highest BCUT2D eigenvalue weighted by Gasteiger charge is 2.33. The Morgan fingerprint density at radius 2 is 1.79 bits per heavy atom. The minimum absolute atomic E-state index is 0.0203. The minimum Gasteiger partial charge on any atom is -0.234 e. The first-order valence-electron chi connectivity index (χ1n) is 5.57. The lowest BCUT2D eigenvalue weighted by Gasteiger charge is -2.14. The number of fused-ring (bicyclic) bond motifs is 1. The van der Waals surface area contributed by atoms with E-state index in [4.69, 9.17) is 23.2 Å². The molecule has 2 aromatic rings. The van der Waals surface area contributed by atoms with Crippen molar-refractivity contribution < 1.29 is 13.2 Å². The highest BCUT2D eigenvalue weighted by Crippen LogP contribution is 2.39. The van der Waals surface area contributed by atoms with E-state index in [1.807, 2.05) is 13.8 Å².